The monoisotopic (exact) mass is 1140 g/mol. The molecule has 0 bridgehead atoms. The number of carboxylic acid groups (broad SMARTS) is 1. The third-order valence-electron chi connectivity index (χ3n) is 15.6. The first-order chi connectivity index (χ1) is 39.1. The van der Waals surface area contributed by atoms with Crippen LogP contribution in [-0.2, 0) is 67.2 Å². The van der Waals surface area contributed by atoms with Crippen molar-refractivity contribution in [3.63, 3.8) is 0 Å². The van der Waals surface area contributed by atoms with Crippen LogP contribution in [0.2, 0.25) is 0 Å². The summed E-state index contributed by atoms with van der Waals surface area (Å²) in [6, 6.07) is 5.22. The number of nitrogens with zero attached hydrogens (tertiary/aromatic N) is 4. The molecule has 3 saturated heterocycles. The van der Waals surface area contributed by atoms with Crippen molar-refractivity contribution < 1.29 is 58.2 Å². The number of benzene rings is 2. The van der Waals surface area contributed by atoms with Crippen LogP contribution in [0.25, 0.3) is 0 Å². The minimum atomic E-state index is -1.32. The van der Waals surface area contributed by atoms with Gasteiger partial charge in [0.1, 0.15) is 54.1 Å². The summed E-state index contributed by atoms with van der Waals surface area (Å²) >= 11 is 0. The number of H-pyrrole nitrogens is 1. The fraction of sp³-hybridized carbons (Fsp3) is 0.569. The number of aromatic amines is 1. The first-order valence-electron chi connectivity index (χ1n) is 28.5. The largest absolute Gasteiger partial charge is 0.508 e. The highest BCUT2D eigenvalue weighted by molar-refractivity contribution is 5.99. The second-order valence-electron chi connectivity index (χ2n) is 22.5. The molecule has 24 nitrogen and oxygen atoms in total. The Bertz CT molecular complexity index is 2710. The number of phenolic OH excluding ortho intramolecular Hbond substituents is 1. The molecule has 0 aliphatic carbocycles. The molecule has 0 radical (unpaired) electrons. The van der Waals surface area contributed by atoms with Gasteiger partial charge in [-0.1, -0.05) is 90.4 Å². The van der Waals surface area contributed by atoms with Gasteiger partial charge in [0, 0.05) is 50.8 Å². The molecule has 10 atom stereocenters. The maximum atomic E-state index is 14.8. The molecule has 3 fully saturated rings. The number of imidazole rings is 1. The molecule has 3 aromatic rings. The standard InChI is InChI=1S/C58H82N12O12/c1-7-35(6)49(55(78)65-43(58(81)82)29-38-30-60-32-62-38)67-53(76)45-17-11-23-68(45)47(72)31-61-51(74)44-16-12-24-69(44)56(79)41(27-36-14-9-8-10-15-36)63-52(75)46-18-13-25-70(46)57(80)42(28-37-19-21-39(71)22-20-37)64-54(77)48(34(4)5)66-50(73)40(59)26-33(2)3/h8-10,14-15,19-22,30,32-35,40-46,48-49,71H,7,11-13,16-18,23-29,31,59H2,1-6H3,(H,60,62)(H,61,74)(H,63,75)(H,64,77)(H,65,78)(H,66,73)(H,67,76)(H,81,82)/t35-,40-,41-,42-,43-,44-,45-,46-,48-,49-/m0/s1. The van der Waals surface area contributed by atoms with Gasteiger partial charge in [-0.05, 0) is 86.0 Å². The Labute approximate surface area is 478 Å². The van der Waals surface area contributed by atoms with E-state index >= 15 is 0 Å². The number of carbonyl (C=O) groups excluding carboxylic acids is 9. The summed E-state index contributed by atoms with van der Waals surface area (Å²) in [6.45, 7) is 10.9. The van der Waals surface area contributed by atoms with Crippen LogP contribution in [0, 0.1) is 17.8 Å². The van der Waals surface area contributed by atoms with Gasteiger partial charge in [0.2, 0.25) is 53.2 Å². The maximum absolute atomic E-state index is 14.8. The fourth-order valence-electron chi connectivity index (χ4n) is 10.8. The number of aromatic nitrogens is 2. The Hall–Kier alpha value is -7.89. The number of hydrogen-bond acceptors (Lipinski definition) is 13. The fourth-order valence-corrected chi connectivity index (χ4v) is 10.8. The maximum Gasteiger partial charge on any atom is 0.326 e. The van der Waals surface area contributed by atoms with Gasteiger partial charge >= 0.3 is 5.97 Å². The number of nitrogens with two attached hydrogens (primary N) is 1. The molecule has 82 heavy (non-hydrogen) atoms. The van der Waals surface area contributed by atoms with Crippen molar-refractivity contribution in [2.75, 3.05) is 26.2 Å². The predicted molar refractivity (Wildman–Crippen MR) is 300 cm³/mol. The Morgan fingerprint density at radius 1 is 0.634 bits per heavy atom. The topological polar surface area (TPSA) is 348 Å². The van der Waals surface area contributed by atoms with Gasteiger partial charge in [-0.3, -0.25) is 43.2 Å². The van der Waals surface area contributed by atoms with E-state index < -0.39 is 132 Å². The lowest BCUT2D eigenvalue weighted by Gasteiger charge is -2.32. The number of likely N-dealkylation sites (tertiary alicyclic amines) is 3. The molecule has 11 N–H and O–H groups in total. The van der Waals surface area contributed by atoms with Crippen LogP contribution in [0.3, 0.4) is 0 Å². The first kappa shape index (κ1) is 63.3. The minimum Gasteiger partial charge on any atom is -0.508 e. The second kappa shape index (κ2) is 29.7. The van der Waals surface area contributed by atoms with E-state index in [-0.39, 0.29) is 69.8 Å². The summed E-state index contributed by atoms with van der Waals surface area (Å²) < 4.78 is 0. The smallest absolute Gasteiger partial charge is 0.326 e. The van der Waals surface area contributed by atoms with Gasteiger partial charge in [-0.15, -0.1) is 0 Å². The molecule has 3 aliphatic heterocycles. The summed E-state index contributed by atoms with van der Waals surface area (Å²) in [5.41, 5.74) is 7.95. The number of carbonyl (C=O) groups is 10. The van der Waals surface area contributed by atoms with Crippen molar-refractivity contribution in [1.82, 2.24) is 56.6 Å². The van der Waals surface area contributed by atoms with Crippen LogP contribution >= 0.6 is 0 Å². The zero-order valence-electron chi connectivity index (χ0n) is 47.7. The summed E-state index contributed by atoms with van der Waals surface area (Å²) in [6.07, 6.45) is 5.69. The first-order valence-corrected chi connectivity index (χ1v) is 28.5. The number of carboxylic acids is 1. The van der Waals surface area contributed by atoms with Gasteiger partial charge in [0.15, 0.2) is 0 Å². The number of amides is 9. The molecule has 1 aromatic heterocycles. The van der Waals surface area contributed by atoms with E-state index in [1.807, 2.05) is 20.8 Å². The number of aromatic hydroxyl groups is 1. The van der Waals surface area contributed by atoms with E-state index in [0.717, 1.165) is 0 Å². The second-order valence-corrected chi connectivity index (χ2v) is 22.5. The predicted octanol–water partition coefficient (Wildman–Crippen LogP) is 0.817. The number of aliphatic carboxylic acids is 1. The molecular formula is C58H82N12O12. The Kier molecular flexibility index (Phi) is 22.9. The van der Waals surface area contributed by atoms with Crippen LogP contribution < -0.4 is 37.6 Å². The van der Waals surface area contributed by atoms with E-state index in [0.29, 0.717) is 48.9 Å². The molecule has 2 aromatic carbocycles. The highest BCUT2D eigenvalue weighted by Crippen LogP contribution is 2.25. The van der Waals surface area contributed by atoms with Gasteiger partial charge in [0.25, 0.3) is 0 Å². The van der Waals surface area contributed by atoms with Crippen LogP contribution in [0.5, 0.6) is 5.75 Å². The molecular weight excluding hydrogens is 1060 g/mol. The zero-order valence-corrected chi connectivity index (χ0v) is 47.7. The normalized spacial score (nSPS) is 19.5. The number of rotatable bonds is 27. The van der Waals surface area contributed by atoms with Crippen molar-refractivity contribution in [3.05, 3.63) is 83.9 Å². The van der Waals surface area contributed by atoms with Crippen molar-refractivity contribution >= 4 is 59.1 Å². The van der Waals surface area contributed by atoms with E-state index in [4.69, 9.17) is 5.73 Å². The van der Waals surface area contributed by atoms with Gasteiger partial charge < -0.3 is 67.5 Å². The van der Waals surface area contributed by atoms with Crippen molar-refractivity contribution in [2.24, 2.45) is 23.5 Å². The zero-order chi connectivity index (χ0) is 59.8. The van der Waals surface area contributed by atoms with Crippen molar-refractivity contribution in [3.8, 4) is 5.75 Å². The van der Waals surface area contributed by atoms with E-state index in [1.54, 1.807) is 63.2 Å². The highest BCUT2D eigenvalue weighted by Gasteiger charge is 2.44. The summed E-state index contributed by atoms with van der Waals surface area (Å²) in [7, 11) is 0. The third-order valence-corrected chi connectivity index (χ3v) is 15.6. The number of hydrogen-bond donors (Lipinski definition) is 10. The van der Waals surface area contributed by atoms with Crippen LogP contribution in [0.4, 0.5) is 0 Å². The van der Waals surface area contributed by atoms with Crippen LogP contribution in [0.1, 0.15) is 110 Å². The lowest BCUT2D eigenvalue weighted by Crippen LogP contribution is -2.60. The van der Waals surface area contributed by atoms with Gasteiger partial charge in [-0.2, -0.15) is 0 Å². The summed E-state index contributed by atoms with van der Waals surface area (Å²) in [4.78, 5) is 150. The SMILES string of the molecule is CC[C@H](C)[C@H](NC(=O)[C@@H]1CCCN1C(=O)CNC(=O)[C@@H]1CCCN1C(=O)[C@H](Cc1ccccc1)NC(=O)[C@@H]1CCCN1C(=O)[C@H](Cc1ccc(O)cc1)NC(=O)[C@@H](NC(=O)[C@@H](N)CC(C)C)C(C)C)C(=O)N[C@@H](Cc1cnc[nH]1)C(=O)O. The van der Waals surface area contributed by atoms with E-state index in [9.17, 15) is 58.2 Å². The van der Waals surface area contributed by atoms with Crippen LogP contribution in [-0.4, -0.2) is 175 Å². The highest BCUT2D eigenvalue weighted by atomic mass is 16.4. The lowest BCUT2D eigenvalue weighted by atomic mass is 9.97. The third kappa shape index (κ3) is 17.1. The molecule has 446 valence electrons. The number of nitrogens with one attached hydrogen (secondary N) is 7. The van der Waals surface area contributed by atoms with E-state index in [2.05, 4.69) is 41.9 Å². The van der Waals surface area contributed by atoms with Gasteiger partial charge in [0.05, 0.1) is 18.9 Å². The Morgan fingerprint density at radius 3 is 1.71 bits per heavy atom. The molecule has 4 heterocycles. The molecule has 9 amide bonds. The summed E-state index contributed by atoms with van der Waals surface area (Å²) in [5.74, 6) is -7.38. The van der Waals surface area contributed by atoms with Gasteiger partial charge in [-0.25, -0.2) is 9.78 Å². The Morgan fingerprint density at radius 2 is 1.16 bits per heavy atom. The number of phenols is 1. The quantitative estimate of drug-likeness (QED) is 0.0506. The molecule has 24 heteroatoms. The van der Waals surface area contributed by atoms with Crippen molar-refractivity contribution in [2.45, 2.75) is 167 Å². The minimum absolute atomic E-state index is 0.00573. The van der Waals surface area contributed by atoms with E-state index in [1.165, 1.54) is 39.4 Å². The molecule has 6 rings (SSSR count). The molecule has 0 spiro atoms. The average molecular weight is 1140 g/mol. The Balaban J connectivity index is 1.12. The van der Waals surface area contributed by atoms with Crippen molar-refractivity contribution in [1.29, 1.82) is 0 Å². The summed E-state index contributed by atoms with van der Waals surface area (Å²) in [5, 5.41) is 36.4. The molecule has 3 aliphatic rings. The lowest BCUT2D eigenvalue weighted by molar-refractivity contribution is -0.145. The molecule has 0 saturated carbocycles. The average Bonchev–Trinajstić information content (AvgIpc) is 4.48. The molecule has 0 unspecified atom stereocenters. The van der Waals surface area contributed by atoms with Crippen LogP contribution in [0.15, 0.2) is 67.1 Å².